The lowest BCUT2D eigenvalue weighted by Gasteiger charge is -2.12. The molecule has 0 spiro atoms. The van der Waals surface area contributed by atoms with Gasteiger partial charge in [0.25, 0.3) is 0 Å². The van der Waals surface area contributed by atoms with Gasteiger partial charge in [0.2, 0.25) is 0 Å². The van der Waals surface area contributed by atoms with Crippen molar-refractivity contribution in [3.63, 3.8) is 0 Å². The van der Waals surface area contributed by atoms with Crippen molar-refractivity contribution in [2.24, 2.45) is 0 Å². The molecule has 112 valence electrons. The van der Waals surface area contributed by atoms with Gasteiger partial charge in [0.1, 0.15) is 6.42 Å². The van der Waals surface area contributed by atoms with Crippen molar-refractivity contribution in [3.8, 4) is 0 Å². The van der Waals surface area contributed by atoms with Crippen molar-refractivity contribution >= 4 is 17.8 Å². The molecule has 0 N–H and O–H groups in total. The molecule has 0 amide bonds. The highest BCUT2D eigenvalue weighted by molar-refractivity contribution is 6.04. The molecule has 21 heavy (non-hydrogen) atoms. The number of esters is 1. The van der Waals surface area contributed by atoms with E-state index in [9.17, 15) is 9.59 Å². The van der Waals surface area contributed by atoms with E-state index in [1.54, 1.807) is 6.92 Å². The van der Waals surface area contributed by atoms with Crippen molar-refractivity contribution < 1.29 is 14.3 Å². The predicted octanol–water partition coefficient (Wildman–Crippen LogP) is 3.88. The predicted molar refractivity (Wildman–Crippen MR) is 82.9 cm³/mol. The highest BCUT2D eigenvalue weighted by Gasteiger charge is 2.18. The molecule has 0 saturated heterocycles. The van der Waals surface area contributed by atoms with Gasteiger partial charge in [-0.3, -0.25) is 9.59 Å². The van der Waals surface area contributed by atoms with E-state index in [-0.39, 0.29) is 12.2 Å². The molecule has 1 aliphatic carbocycles. The normalized spacial score (nSPS) is 15.5. The van der Waals surface area contributed by atoms with Gasteiger partial charge in [-0.1, -0.05) is 43.2 Å². The van der Waals surface area contributed by atoms with E-state index in [1.807, 2.05) is 24.3 Å². The zero-order valence-corrected chi connectivity index (χ0v) is 12.5. The molecule has 2 rings (SSSR count). The Morgan fingerprint density at radius 3 is 2.67 bits per heavy atom. The molecule has 1 saturated carbocycles. The number of benzene rings is 1. The molecular formula is C18H22O3. The number of ether oxygens (including phenoxy) is 1. The standard InChI is InChI=1S/C18H22O3/c1-2-21-18(20)13-16(19)12-11-15-9-5-6-10-17(15)14-7-3-4-8-14/h5-6,9-12,14H,2-4,7-8,13H2,1H3. The van der Waals surface area contributed by atoms with E-state index in [2.05, 4.69) is 6.07 Å². The fourth-order valence-electron chi connectivity index (χ4n) is 2.87. The van der Waals surface area contributed by atoms with Gasteiger partial charge in [0.05, 0.1) is 6.61 Å². The molecule has 0 radical (unpaired) electrons. The Labute approximate surface area is 126 Å². The zero-order valence-electron chi connectivity index (χ0n) is 12.5. The molecule has 0 bridgehead atoms. The van der Waals surface area contributed by atoms with Crippen LogP contribution >= 0.6 is 0 Å². The Bertz CT molecular complexity index is 525. The molecule has 1 aromatic carbocycles. The molecule has 0 atom stereocenters. The first-order valence-corrected chi connectivity index (χ1v) is 7.66. The lowest BCUT2D eigenvalue weighted by atomic mass is 9.92. The third-order valence-corrected chi connectivity index (χ3v) is 3.86. The number of carbonyl (C=O) groups excluding carboxylic acids is 2. The molecule has 1 aliphatic rings. The number of hydrogen-bond acceptors (Lipinski definition) is 3. The van der Waals surface area contributed by atoms with Crippen LogP contribution < -0.4 is 0 Å². The quantitative estimate of drug-likeness (QED) is 0.453. The van der Waals surface area contributed by atoms with Crippen molar-refractivity contribution in [3.05, 3.63) is 41.5 Å². The smallest absolute Gasteiger partial charge is 0.313 e. The van der Waals surface area contributed by atoms with Gasteiger partial charge in [0.15, 0.2) is 5.78 Å². The summed E-state index contributed by atoms with van der Waals surface area (Å²) in [7, 11) is 0. The Morgan fingerprint density at radius 2 is 1.95 bits per heavy atom. The lowest BCUT2D eigenvalue weighted by molar-refractivity contribution is -0.144. The average Bonchev–Trinajstić information content (AvgIpc) is 2.99. The zero-order chi connectivity index (χ0) is 15.1. The second-order valence-electron chi connectivity index (χ2n) is 5.39. The van der Waals surface area contributed by atoms with Gasteiger partial charge in [0, 0.05) is 0 Å². The van der Waals surface area contributed by atoms with E-state index in [4.69, 9.17) is 4.74 Å². The van der Waals surface area contributed by atoms with Gasteiger partial charge in [-0.2, -0.15) is 0 Å². The SMILES string of the molecule is CCOC(=O)CC(=O)C=Cc1ccccc1C1CCCC1. The second-order valence-corrected chi connectivity index (χ2v) is 5.39. The Kier molecular flexibility index (Phi) is 5.73. The van der Waals surface area contributed by atoms with Crippen LogP contribution in [0, 0.1) is 0 Å². The first-order valence-electron chi connectivity index (χ1n) is 7.66. The third kappa shape index (κ3) is 4.55. The number of allylic oxidation sites excluding steroid dienone is 1. The number of carbonyl (C=O) groups is 2. The summed E-state index contributed by atoms with van der Waals surface area (Å²) >= 11 is 0. The number of rotatable bonds is 6. The van der Waals surface area contributed by atoms with Crippen LogP contribution in [0.3, 0.4) is 0 Å². The Morgan fingerprint density at radius 1 is 1.24 bits per heavy atom. The topological polar surface area (TPSA) is 43.4 Å². The van der Waals surface area contributed by atoms with E-state index >= 15 is 0 Å². The van der Waals surface area contributed by atoms with Crippen LogP contribution in [-0.4, -0.2) is 18.4 Å². The van der Waals surface area contributed by atoms with Crippen molar-refractivity contribution in [2.75, 3.05) is 6.61 Å². The van der Waals surface area contributed by atoms with Gasteiger partial charge in [-0.05, 0) is 42.9 Å². The summed E-state index contributed by atoms with van der Waals surface area (Å²) in [5.41, 5.74) is 2.40. The Hall–Kier alpha value is -1.90. The maximum atomic E-state index is 11.7. The van der Waals surface area contributed by atoms with Crippen molar-refractivity contribution in [1.82, 2.24) is 0 Å². The second kappa shape index (κ2) is 7.77. The minimum Gasteiger partial charge on any atom is -0.466 e. The van der Waals surface area contributed by atoms with Crippen LogP contribution in [0.4, 0.5) is 0 Å². The fourth-order valence-corrected chi connectivity index (χ4v) is 2.87. The van der Waals surface area contributed by atoms with E-state index in [1.165, 1.54) is 37.3 Å². The molecule has 3 heteroatoms. The fraction of sp³-hybridized carbons (Fsp3) is 0.444. The maximum absolute atomic E-state index is 11.7. The minimum atomic E-state index is -0.462. The highest BCUT2D eigenvalue weighted by atomic mass is 16.5. The molecule has 1 fully saturated rings. The van der Waals surface area contributed by atoms with Crippen LogP contribution in [0.1, 0.15) is 56.1 Å². The van der Waals surface area contributed by atoms with Crippen LogP contribution in [0.2, 0.25) is 0 Å². The molecule has 0 unspecified atom stereocenters. The first kappa shape index (κ1) is 15.5. The third-order valence-electron chi connectivity index (χ3n) is 3.86. The molecule has 3 nitrogen and oxygen atoms in total. The maximum Gasteiger partial charge on any atom is 0.313 e. The van der Waals surface area contributed by atoms with Crippen molar-refractivity contribution in [1.29, 1.82) is 0 Å². The molecule has 0 aliphatic heterocycles. The van der Waals surface area contributed by atoms with Gasteiger partial charge < -0.3 is 4.74 Å². The molecule has 1 aromatic rings. The van der Waals surface area contributed by atoms with Gasteiger partial charge in [-0.25, -0.2) is 0 Å². The van der Waals surface area contributed by atoms with Gasteiger partial charge in [-0.15, -0.1) is 0 Å². The van der Waals surface area contributed by atoms with Crippen molar-refractivity contribution in [2.45, 2.75) is 44.9 Å². The first-order chi connectivity index (χ1) is 10.2. The monoisotopic (exact) mass is 286 g/mol. The minimum absolute atomic E-state index is 0.185. The summed E-state index contributed by atoms with van der Waals surface area (Å²) in [5, 5.41) is 0. The summed E-state index contributed by atoms with van der Waals surface area (Å²) in [5.74, 6) is -0.0723. The lowest BCUT2D eigenvalue weighted by Crippen LogP contribution is -2.09. The summed E-state index contributed by atoms with van der Waals surface area (Å²) in [4.78, 5) is 23.0. The summed E-state index contributed by atoms with van der Waals surface area (Å²) < 4.78 is 4.78. The van der Waals surface area contributed by atoms with E-state index in [0.29, 0.717) is 12.5 Å². The number of ketones is 1. The van der Waals surface area contributed by atoms with E-state index in [0.717, 1.165) is 5.56 Å². The van der Waals surface area contributed by atoms with Crippen LogP contribution in [0.25, 0.3) is 6.08 Å². The molecule has 0 heterocycles. The van der Waals surface area contributed by atoms with Crippen LogP contribution in [0.5, 0.6) is 0 Å². The molecular weight excluding hydrogens is 264 g/mol. The molecule has 0 aromatic heterocycles. The van der Waals surface area contributed by atoms with Gasteiger partial charge >= 0.3 is 5.97 Å². The van der Waals surface area contributed by atoms with Crippen LogP contribution in [-0.2, 0) is 14.3 Å². The number of hydrogen-bond donors (Lipinski definition) is 0. The summed E-state index contributed by atoms with van der Waals surface area (Å²) in [6.07, 6.45) is 8.15. The Balaban J connectivity index is 2.03. The summed E-state index contributed by atoms with van der Waals surface area (Å²) in [6.45, 7) is 2.04. The van der Waals surface area contributed by atoms with E-state index < -0.39 is 5.97 Å². The summed E-state index contributed by atoms with van der Waals surface area (Å²) in [6, 6.07) is 8.20. The highest BCUT2D eigenvalue weighted by Crippen LogP contribution is 2.36. The largest absolute Gasteiger partial charge is 0.466 e. The average molecular weight is 286 g/mol. The van der Waals surface area contributed by atoms with Crippen LogP contribution in [0.15, 0.2) is 30.3 Å².